The van der Waals surface area contributed by atoms with Gasteiger partial charge in [-0.1, -0.05) is 42.5 Å². The molecule has 0 radical (unpaired) electrons. The fraction of sp³-hybridized carbons (Fsp3) is 0.0870. The summed E-state index contributed by atoms with van der Waals surface area (Å²) in [5.74, 6) is 0.619. The third-order valence-electron chi connectivity index (χ3n) is 4.37. The van der Waals surface area contributed by atoms with Crippen LogP contribution in [0.1, 0.15) is 0 Å². The topological polar surface area (TPSA) is 96.1 Å². The number of H-pyrrole nitrogens is 1. The lowest BCUT2D eigenvalue weighted by molar-refractivity contribution is -0.125. The van der Waals surface area contributed by atoms with Crippen LogP contribution < -0.4 is 15.4 Å². The molecule has 0 saturated heterocycles. The number of hydrogen-bond donors (Lipinski definition) is 3. The second-order valence-corrected chi connectivity index (χ2v) is 6.61. The fourth-order valence-corrected chi connectivity index (χ4v) is 2.93. The fourth-order valence-electron chi connectivity index (χ4n) is 2.93. The Hall–Kier alpha value is -4.13. The predicted octanol–water partition coefficient (Wildman–Crippen LogP) is 3.36. The van der Waals surface area contributed by atoms with Crippen LogP contribution in [0.2, 0.25) is 0 Å². The van der Waals surface area contributed by atoms with Gasteiger partial charge >= 0.3 is 0 Å². The zero-order chi connectivity index (χ0) is 20.8. The zero-order valence-corrected chi connectivity index (χ0v) is 16.1. The highest BCUT2D eigenvalue weighted by Gasteiger charge is 2.09. The Balaban J connectivity index is 1.31. The highest BCUT2D eigenvalue weighted by Crippen LogP contribution is 2.23. The molecule has 0 aliphatic carbocycles. The lowest BCUT2D eigenvalue weighted by atomic mass is 10.2. The van der Waals surface area contributed by atoms with Crippen molar-refractivity contribution >= 4 is 28.5 Å². The molecule has 0 aliphatic heterocycles. The zero-order valence-electron chi connectivity index (χ0n) is 16.1. The van der Waals surface area contributed by atoms with Crippen LogP contribution in [0.3, 0.4) is 0 Å². The maximum Gasteiger partial charge on any atom is 0.258 e. The van der Waals surface area contributed by atoms with Gasteiger partial charge in [0.1, 0.15) is 11.6 Å². The molecule has 1 aromatic heterocycles. The van der Waals surface area contributed by atoms with Crippen LogP contribution >= 0.6 is 0 Å². The molecule has 1 heterocycles. The first kappa shape index (κ1) is 19.2. The average Bonchev–Trinajstić information content (AvgIpc) is 3.22. The first-order valence-corrected chi connectivity index (χ1v) is 9.47. The van der Waals surface area contributed by atoms with E-state index >= 15 is 0 Å². The molecule has 7 heteroatoms. The minimum atomic E-state index is -0.370. The van der Waals surface area contributed by atoms with E-state index in [0.29, 0.717) is 11.4 Å². The summed E-state index contributed by atoms with van der Waals surface area (Å²) in [7, 11) is 0. The summed E-state index contributed by atoms with van der Waals surface area (Å²) in [5, 5.41) is 5.32. The van der Waals surface area contributed by atoms with E-state index in [9.17, 15) is 9.59 Å². The van der Waals surface area contributed by atoms with Gasteiger partial charge < -0.3 is 20.4 Å². The average molecular weight is 400 g/mol. The molecule has 3 N–H and O–H groups in total. The summed E-state index contributed by atoms with van der Waals surface area (Å²) in [6.07, 6.45) is 0. The minimum absolute atomic E-state index is 0.147. The standard InChI is InChI=1S/C23H20N4O3/c28-21(14-24-22(29)15-30-18-9-2-1-3-10-18)25-17-8-6-7-16(13-17)23-26-19-11-4-5-12-20(19)27-23/h1-13H,14-15H2,(H,24,29)(H,25,28)(H,26,27). The van der Waals surface area contributed by atoms with Crippen LogP contribution in [0.15, 0.2) is 78.9 Å². The van der Waals surface area contributed by atoms with Crippen LogP contribution in [0.5, 0.6) is 5.75 Å². The lowest BCUT2D eigenvalue weighted by Crippen LogP contribution is -2.35. The van der Waals surface area contributed by atoms with Gasteiger partial charge in [-0.25, -0.2) is 4.98 Å². The van der Waals surface area contributed by atoms with E-state index in [1.807, 2.05) is 60.7 Å². The summed E-state index contributed by atoms with van der Waals surface area (Å²) in [6.45, 7) is -0.301. The van der Waals surface area contributed by atoms with Crippen molar-refractivity contribution in [3.8, 4) is 17.1 Å². The molecule has 0 saturated carbocycles. The third-order valence-corrected chi connectivity index (χ3v) is 4.37. The van der Waals surface area contributed by atoms with Crippen LogP contribution in [0.25, 0.3) is 22.4 Å². The number of carbonyl (C=O) groups excluding carboxylic acids is 2. The number of nitrogens with zero attached hydrogens (tertiary/aromatic N) is 1. The molecule has 0 spiro atoms. The number of para-hydroxylation sites is 3. The molecule has 0 bridgehead atoms. The van der Waals surface area contributed by atoms with Crippen molar-refractivity contribution in [3.63, 3.8) is 0 Å². The summed E-state index contributed by atoms with van der Waals surface area (Å²) in [4.78, 5) is 31.9. The first-order valence-electron chi connectivity index (χ1n) is 9.47. The number of imidazole rings is 1. The van der Waals surface area contributed by atoms with Crippen LogP contribution in [-0.2, 0) is 9.59 Å². The van der Waals surface area contributed by atoms with Crippen molar-refractivity contribution in [2.24, 2.45) is 0 Å². The lowest BCUT2D eigenvalue weighted by Gasteiger charge is -2.09. The van der Waals surface area contributed by atoms with Gasteiger partial charge in [-0.2, -0.15) is 0 Å². The van der Waals surface area contributed by atoms with Crippen LogP contribution in [0, 0.1) is 0 Å². The molecule has 0 atom stereocenters. The van der Waals surface area contributed by atoms with E-state index < -0.39 is 0 Å². The van der Waals surface area contributed by atoms with Gasteiger partial charge in [0.05, 0.1) is 17.6 Å². The second-order valence-electron chi connectivity index (χ2n) is 6.61. The molecule has 4 rings (SSSR count). The summed E-state index contributed by atoms with van der Waals surface area (Å²) in [6, 6.07) is 24.2. The van der Waals surface area contributed by atoms with Crippen LogP contribution in [-0.4, -0.2) is 34.9 Å². The number of benzene rings is 3. The van der Waals surface area contributed by atoms with Crippen molar-refractivity contribution in [2.45, 2.75) is 0 Å². The normalized spacial score (nSPS) is 10.5. The largest absolute Gasteiger partial charge is 0.484 e. The number of ether oxygens (including phenoxy) is 1. The van der Waals surface area contributed by atoms with Crippen molar-refractivity contribution < 1.29 is 14.3 Å². The maximum atomic E-state index is 12.2. The van der Waals surface area contributed by atoms with E-state index in [0.717, 1.165) is 22.4 Å². The molecule has 2 amide bonds. The molecule has 0 unspecified atom stereocenters. The van der Waals surface area contributed by atoms with E-state index in [1.54, 1.807) is 18.2 Å². The Morgan fingerprint density at radius 2 is 1.70 bits per heavy atom. The number of hydrogen-bond acceptors (Lipinski definition) is 4. The number of aromatic nitrogens is 2. The van der Waals surface area contributed by atoms with Crippen molar-refractivity contribution in [1.82, 2.24) is 15.3 Å². The van der Waals surface area contributed by atoms with Gasteiger partial charge in [-0.3, -0.25) is 9.59 Å². The Labute approximate surface area is 173 Å². The van der Waals surface area contributed by atoms with Crippen molar-refractivity contribution in [1.29, 1.82) is 0 Å². The summed E-state index contributed by atoms with van der Waals surface area (Å²) >= 11 is 0. The van der Waals surface area contributed by atoms with E-state index in [-0.39, 0.29) is 25.0 Å². The first-order chi connectivity index (χ1) is 14.7. The third kappa shape index (κ3) is 4.82. The van der Waals surface area contributed by atoms with Crippen LogP contribution in [0.4, 0.5) is 5.69 Å². The number of fused-ring (bicyclic) bond motifs is 1. The predicted molar refractivity (Wildman–Crippen MR) is 115 cm³/mol. The number of amides is 2. The van der Waals surface area contributed by atoms with Crippen molar-refractivity contribution in [2.75, 3.05) is 18.5 Å². The van der Waals surface area contributed by atoms with Gasteiger partial charge in [0.25, 0.3) is 5.91 Å². The number of rotatable bonds is 7. The highest BCUT2D eigenvalue weighted by molar-refractivity contribution is 5.95. The molecule has 0 aliphatic rings. The molecular formula is C23H20N4O3. The number of carbonyl (C=O) groups is 2. The Bertz CT molecular complexity index is 1140. The van der Waals surface area contributed by atoms with E-state index in [1.165, 1.54) is 0 Å². The molecule has 150 valence electrons. The second kappa shape index (κ2) is 8.91. The molecule has 3 aromatic carbocycles. The smallest absolute Gasteiger partial charge is 0.258 e. The Kier molecular flexibility index (Phi) is 5.70. The molecular weight excluding hydrogens is 380 g/mol. The minimum Gasteiger partial charge on any atom is -0.484 e. The number of nitrogens with one attached hydrogen (secondary N) is 3. The van der Waals surface area contributed by atoms with Crippen molar-refractivity contribution in [3.05, 3.63) is 78.9 Å². The Morgan fingerprint density at radius 1 is 0.900 bits per heavy atom. The van der Waals surface area contributed by atoms with Gasteiger partial charge in [0.15, 0.2) is 6.61 Å². The highest BCUT2D eigenvalue weighted by atomic mass is 16.5. The Morgan fingerprint density at radius 3 is 2.53 bits per heavy atom. The number of anilines is 1. The van der Waals surface area contributed by atoms with Gasteiger partial charge in [0, 0.05) is 11.3 Å². The molecule has 7 nitrogen and oxygen atoms in total. The summed E-state index contributed by atoms with van der Waals surface area (Å²) < 4.78 is 5.35. The molecule has 30 heavy (non-hydrogen) atoms. The van der Waals surface area contributed by atoms with E-state index in [2.05, 4.69) is 20.6 Å². The number of aromatic amines is 1. The maximum absolute atomic E-state index is 12.2. The van der Waals surface area contributed by atoms with Gasteiger partial charge in [0.2, 0.25) is 5.91 Å². The monoisotopic (exact) mass is 400 g/mol. The van der Waals surface area contributed by atoms with E-state index in [4.69, 9.17) is 4.74 Å². The SMILES string of the molecule is O=C(COc1ccccc1)NCC(=O)Nc1cccc(-c2nc3ccccc3[nH]2)c1. The molecule has 0 fully saturated rings. The van der Waals surface area contributed by atoms with Gasteiger partial charge in [-0.05, 0) is 36.4 Å². The molecule has 4 aromatic rings. The summed E-state index contributed by atoms with van der Waals surface area (Å²) in [5.41, 5.74) is 3.29. The quantitative estimate of drug-likeness (QED) is 0.443. The van der Waals surface area contributed by atoms with Gasteiger partial charge in [-0.15, -0.1) is 0 Å².